The molecule has 0 bridgehead atoms. The Balaban J connectivity index is 1.88. The van der Waals surface area contributed by atoms with E-state index >= 15 is 0 Å². The Kier molecular flexibility index (Phi) is 4.13. The maximum atomic E-state index is 12.1. The fourth-order valence-electron chi connectivity index (χ4n) is 3.49. The molecule has 0 fully saturated rings. The third-order valence-corrected chi connectivity index (χ3v) is 5.92. The number of carbonyl (C=O) groups is 1. The van der Waals surface area contributed by atoms with Crippen molar-refractivity contribution in [2.24, 2.45) is 0 Å². The van der Waals surface area contributed by atoms with Crippen LogP contribution in [0.5, 0.6) is 0 Å². The van der Waals surface area contributed by atoms with Crippen LogP contribution in [0.3, 0.4) is 0 Å². The molecule has 3 aromatic rings. The van der Waals surface area contributed by atoms with Gasteiger partial charge in [-0.15, -0.1) is 11.3 Å². The van der Waals surface area contributed by atoms with E-state index in [0.29, 0.717) is 5.56 Å². The first kappa shape index (κ1) is 16.0. The molecule has 25 heavy (non-hydrogen) atoms. The SMILES string of the molecule is COC(=O)c1ccccc1N(C)c1ncnc2sc3c(c12)CCCC3. The van der Waals surface area contributed by atoms with Crippen molar-refractivity contribution < 1.29 is 9.53 Å². The second kappa shape index (κ2) is 6.44. The fraction of sp³-hybridized carbons (Fsp3) is 0.316. The molecule has 0 amide bonds. The number of fused-ring (bicyclic) bond motifs is 3. The average Bonchev–Trinajstić information content (AvgIpc) is 3.05. The summed E-state index contributed by atoms with van der Waals surface area (Å²) in [6.07, 6.45) is 6.25. The number of carbonyl (C=O) groups excluding carboxylic acids is 1. The number of hydrogen-bond acceptors (Lipinski definition) is 6. The minimum absolute atomic E-state index is 0.347. The smallest absolute Gasteiger partial charge is 0.339 e. The van der Waals surface area contributed by atoms with Crippen LogP contribution in [-0.4, -0.2) is 30.1 Å². The zero-order valence-electron chi connectivity index (χ0n) is 14.3. The summed E-state index contributed by atoms with van der Waals surface area (Å²) in [5.74, 6) is 0.501. The van der Waals surface area contributed by atoms with Crippen LogP contribution in [0, 0.1) is 0 Å². The molecule has 0 unspecified atom stereocenters. The topological polar surface area (TPSA) is 55.3 Å². The maximum Gasteiger partial charge on any atom is 0.339 e. The lowest BCUT2D eigenvalue weighted by Crippen LogP contribution is -2.16. The van der Waals surface area contributed by atoms with E-state index in [2.05, 4.69) is 9.97 Å². The number of ether oxygens (including phenoxy) is 1. The number of nitrogens with zero attached hydrogens (tertiary/aromatic N) is 3. The van der Waals surface area contributed by atoms with Gasteiger partial charge in [-0.25, -0.2) is 14.8 Å². The molecule has 0 atom stereocenters. The van der Waals surface area contributed by atoms with Crippen molar-refractivity contribution >= 4 is 39.0 Å². The number of hydrogen-bond donors (Lipinski definition) is 0. The monoisotopic (exact) mass is 353 g/mol. The number of para-hydroxylation sites is 1. The van der Waals surface area contributed by atoms with Crippen LogP contribution >= 0.6 is 11.3 Å². The summed E-state index contributed by atoms with van der Waals surface area (Å²) >= 11 is 1.77. The summed E-state index contributed by atoms with van der Waals surface area (Å²) in [5, 5.41) is 1.13. The predicted octanol–water partition coefficient (Wildman–Crippen LogP) is 4.12. The molecule has 0 spiro atoms. The highest BCUT2D eigenvalue weighted by Gasteiger charge is 2.23. The maximum absolute atomic E-state index is 12.1. The third kappa shape index (κ3) is 2.66. The second-order valence-corrected chi connectivity index (χ2v) is 7.24. The summed E-state index contributed by atoms with van der Waals surface area (Å²) in [6.45, 7) is 0. The zero-order valence-corrected chi connectivity index (χ0v) is 15.1. The Hall–Kier alpha value is -2.47. The minimum atomic E-state index is -0.347. The van der Waals surface area contributed by atoms with Gasteiger partial charge in [0.2, 0.25) is 0 Å². The summed E-state index contributed by atoms with van der Waals surface area (Å²) < 4.78 is 4.93. The lowest BCUT2D eigenvalue weighted by Gasteiger charge is -2.22. The van der Waals surface area contributed by atoms with E-state index in [9.17, 15) is 4.79 Å². The van der Waals surface area contributed by atoms with E-state index in [1.807, 2.05) is 30.1 Å². The molecule has 1 aliphatic rings. The quantitative estimate of drug-likeness (QED) is 0.663. The molecule has 2 heterocycles. The molecule has 1 aliphatic carbocycles. The number of anilines is 2. The summed E-state index contributed by atoms with van der Waals surface area (Å²) in [5.41, 5.74) is 2.69. The highest BCUT2D eigenvalue weighted by Crippen LogP contribution is 2.40. The van der Waals surface area contributed by atoms with Gasteiger partial charge in [0.15, 0.2) is 0 Å². The minimum Gasteiger partial charge on any atom is -0.465 e. The number of benzene rings is 1. The molecule has 5 nitrogen and oxygen atoms in total. The molecule has 2 aromatic heterocycles. The van der Waals surface area contributed by atoms with E-state index < -0.39 is 0 Å². The van der Waals surface area contributed by atoms with Crippen LogP contribution in [0.15, 0.2) is 30.6 Å². The summed E-state index contributed by atoms with van der Waals surface area (Å²) in [7, 11) is 3.34. The first-order valence-corrected chi connectivity index (χ1v) is 9.18. The van der Waals surface area contributed by atoms with E-state index in [1.165, 1.54) is 30.4 Å². The van der Waals surface area contributed by atoms with Gasteiger partial charge in [0.05, 0.1) is 23.7 Å². The number of aromatic nitrogens is 2. The van der Waals surface area contributed by atoms with Crippen LogP contribution < -0.4 is 4.90 Å². The number of aryl methyl sites for hydroxylation is 2. The Morgan fingerprint density at radius 3 is 2.84 bits per heavy atom. The van der Waals surface area contributed by atoms with E-state index in [-0.39, 0.29) is 5.97 Å². The highest BCUT2D eigenvalue weighted by molar-refractivity contribution is 7.19. The molecular weight excluding hydrogens is 334 g/mol. The van der Waals surface area contributed by atoms with Gasteiger partial charge in [0, 0.05) is 11.9 Å². The Morgan fingerprint density at radius 1 is 1.20 bits per heavy atom. The van der Waals surface area contributed by atoms with E-state index in [0.717, 1.165) is 34.6 Å². The lowest BCUT2D eigenvalue weighted by atomic mass is 9.97. The average molecular weight is 353 g/mol. The van der Waals surface area contributed by atoms with Crippen molar-refractivity contribution in [3.8, 4) is 0 Å². The Bertz CT molecular complexity index is 951. The Morgan fingerprint density at radius 2 is 2.00 bits per heavy atom. The first-order valence-electron chi connectivity index (χ1n) is 8.37. The fourth-order valence-corrected chi connectivity index (χ4v) is 4.71. The highest BCUT2D eigenvalue weighted by atomic mass is 32.1. The number of thiophene rings is 1. The van der Waals surface area contributed by atoms with Crippen molar-refractivity contribution in [1.29, 1.82) is 0 Å². The summed E-state index contributed by atoms with van der Waals surface area (Å²) in [6, 6.07) is 7.45. The van der Waals surface area contributed by atoms with E-state index in [1.54, 1.807) is 23.7 Å². The van der Waals surface area contributed by atoms with Crippen molar-refractivity contribution in [3.05, 3.63) is 46.6 Å². The molecule has 0 saturated heterocycles. The molecule has 0 aliphatic heterocycles. The standard InChI is InChI=1S/C19H19N3O2S/c1-22(14-9-5-3-7-12(14)19(23)24-2)17-16-13-8-4-6-10-15(13)25-18(16)21-11-20-17/h3,5,7,9,11H,4,6,8,10H2,1-2H3. The van der Waals surface area contributed by atoms with Gasteiger partial charge in [-0.2, -0.15) is 0 Å². The van der Waals surface area contributed by atoms with Gasteiger partial charge >= 0.3 is 5.97 Å². The van der Waals surface area contributed by atoms with Crippen LogP contribution in [0.4, 0.5) is 11.5 Å². The van der Waals surface area contributed by atoms with Gasteiger partial charge in [0.25, 0.3) is 0 Å². The van der Waals surface area contributed by atoms with Crippen molar-refractivity contribution in [2.45, 2.75) is 25.7 Å². The van der Waals surface area contributed by atoms with Gasteiger partial charge < -0.3 is 9.64 Å². The van der Waals surface area contributed by atoms with Crippen LogP contribution in [-0.2, 0) is 17.6 Å². The molecule has 0 saturated carbocycles. The lowest BCUT2D eigenvalue weighted by molar-refractivity contribution is 0.0601. The number of esters is 1. The normalized spacial score (nSPS) is 13.5. The molecule has 1 aromatic carbocycles. The van der Waals surface area contributed by atoms with Crippen LogP contribution in [0.1, 0.15) is 33.6 Å². The van der Waals surface area contributed by atoms with Gasteiger partial charge in [-0.1, -0.05) is 12.1 Å². The van der Waals surface area contributed by atoms with Gasteiger partial charge in [-0.05, 0) is 43.4 Å². The van der Waals surface area contributed by atoms with Crippen molar-refractivity contribution in [1.82, 2.24) is 9.97 Å². The third-order valence-electron chi connectivity index (χ3n) is 4.72. The molecular formula is C19H19N3O2S. The zero-order chi connectivity index (χ0) is 17.4. The molecule has 128 valence electrons. The molecule has 0 N–H and O–H groups in total. The molecule has 4 rings (SSSR count). The predicted molar refractivity (Wildman–Crippen MR) is 99.9 cm³/mol. The largest absolute Gasteiger partial charge is 0.465 e. The second-order valence-electron chi connectivity index (χ2n) is 6.16. The van der Waals surface area contributed by atoms with Gasteiger partial charge in [0.1, 0.15) is 17.0 Å². The van der Waals surface area contributed by atoms with E-state index in [4.69, 9.17) is 4.74 Å². The van der Waals surface area contributed by atoms with Crippen molar-refractivity contribution in [2.75, 3.05) is 19.1 Å². The summed E-state index contributed by atoms with van der Waals surface area (Å²) in [4.78, 5) is 25.6. The van der Waals surface area contributed by atoms with Crippen LogP contribution in [0.25, 0.3) is 10.2 Å². The number of rotatable bonds is 3. The van der Waals surface area contributed by atoms with Gasteiger partial charge in [-0.3, -0.25) is 0 Å². The number of methoxy groups -OCH3 is 1. The van der Waals surface area contributed by atoms with Crippen molar-refractivity contribution in [3.63, 3.8) is 0 Å². The Labute approximate surface area is 150 Å². The molecule has 6 heteroatoms. The van der Waals surface area contributed by atoms with Crippen LogP contribution in [0.2, 0.25) is 0 Å². The molecule has 0 radical (unpaired) electrons. The first-order chi connectivity index (χ1) is 12.2.